The molecule has 31 heavy (non-hydrogen) atoms. The molecule has 3 rings (SSSR count). The predicted molar refractivity (Wildman–Crippen MR) is 122 cm³/mol. The zero-order valence-corrected chi connectivity index (χ0v) is 19.4. The van der Waals surface area contributed by atoms with E-state index in [0.717, 1.165) is 30.2 Å². The first kappa shape index (κ1) is 23.2. The van der Waals surface area contributed by atoms with E-state index >= 15 is 0 Å². The fourth-order valence-electron chi connectivity index (χ4n) is 3.43. The van der Waals surface area contributed by atoms with Crippen molar-refractivity contribution in [1.82, 2.24) is 14.7 Å². The van der Waals surface area contributed by atoms with E-state index in [9.17, 15) is 14.4 Å². The molecule has 0 radical (unpaired) electrons. The van der Waals surface area contributed by atoms with Crippen LogP contribution in [-0.4, -0.2) is 89.1 Å². The highest BCUT2D eigenvalue weighted by Gasteiger charge is 2.27. The van der Waals surface area contributed by atoms with E-state index in [1.165, 1.54) is 0 Å². The second-order valence-corrected chi connectivity index (χ2v) is 9.98. The predicted octanol–water partition coefficient (Wildman–Crippen LogP) is 2.89. The number of benzene rings is 1. The van der Waals surface area contributed by atoms with Crippen LogP contribution in [0.5, 0.6) is 0 Å². The van der Waals surface area contributed by atoms with Crippen molar-refractivity contribution in [2.24, 2.45) is 0 Å². The number of piperazine rings is 1. The van der Waals surface area contributed by atoms with E-state index in [0.29, 0.717) is 38.3 Å². The van der Waals surface area contributed by atoms with Gasteiger partial charge in [-0.2, -0.15) is 11.8 Å². The smallest absolute Gasteiger partial charge is 0.410 e. The monoisotopic (exact) mass is 448 g/mol. The number of ether oxygens (including phenoxy) is 1. The van der Waals surface area contributed by atoms with Crippen molar-refractivity contribution in [3.63, 3.8) is 0 Å². The number of nitrogens with one attached hydrogen (secondary N) is 1. The van der Waals surface area contributed by atoms with Gasteiger partial charge in [-0.3, -0.25) is 4.79 Å². The minimum absolute atomic E-state index is 0.153. The normalized spacial score (nSPS) is 17.3. The highest BCUT2D eigenvalue weighted by molar-refractivity contribution is 7.99. The van der Waals surface area contributed by atoms with Crippen LogP contribution >= 0.6 is 11.8 Å². The molecular formula is C22H32N4O4S. The molecule has 9 heteroatoms. The van der Waals surface area contributed by atoms with Crippen LogP contribution in [0.15, 0.2) is 24.3 Å². The molecule has 2 fully saturated rings. The quantitative estimate of drug-likeness (QED) is 0.769. The largest absolute Gasteiger partial charge is 0.444 e. The third-order valence-corrected chi connectivity index (χ3v) is 6.09. The first-order valence-electron chi connectivity index (χ1n) is 10.7. The molecule has 0 saturated carbocycles. The standard InChI is InChI=1S/C22H32N4O4S/c1-22(2,3)30-21(29)26-10-8-25(9-11-26)20(28)23-18-6-4-17(5-7-18)16-19(27)24-12-14-31-15-13-24/h4-7H,8-16H2,1-3H3,(H,23,28). The van der Waals surface area contributed by atoms with Gasteiger partial charge in [-0.05, 0) is 38.5 Å². The summed E-state index contributed by atoms with van der Waals surface area (Å²) in [6.07, 6.45) is 0.0342. The molecule has 0 aliphatic carbocycles. The maximum absolute atomic E-state index is 12.6. The van der Waals surface area contributed by atoms with Crippen LogP contribution in [0.1, 0.15) is 26.3 Å². The van der Waals surface area contributed by atoms with Crippen molar-refractivity contribution in [2.45, 2.75) is 32.8 Å². The molecular weight excluding hydrogens is 416 g/mol. The van der Waals surface area contributed by atoms with Crippen LogP contribution in [-0.2, 0) is 16.0 Å². The van der Waals surface area contributed by atoms with E-state index in [4.69, 9.17) is 4.74 Å². The lowest BCUT2D eigenvalue weighted by atomic mass is 10.1. The lowest BCUT2D eigenvalue weighted by molar-refractivity contribution is -0.130. The van der Waals surface area contributed by atoms with Crippen LogP contribution in [0, 0.1) is 0 Å². The maximum Gasteiger partial charge on any atom is 0.410 e. The van der Waals surface area contributed by atoms with Gasteiger partial charge in [0.2, 0.25) is 5.91 Å². The van der Waals surface area contributed by atoms with Crippen molar-refractivity contribution in [2.75, 3.05) is 56.1 Å². The first-order valence-corrected chi connectivity index (χ1v) is 11.8. The van der Waals surface area contributed by atoms with Gasteiger partial charge in [0.05, 0.1) is 6.42 Å². The molecule has 4 amide bonds. The van der Waals surface area contributed by atoms with Gasteiger partial charge in [0, 0.05) is 56.5 Å². The number of hydrogen-bond donors (Lipinski definition) is 1. The number of carbonyl (C=O) groups excluding carboxylic acids is 3. The highest BCUT2D eigenvalue weighted by atomic mass is 32.2. The molecule has 0 spiro atoms. The van der Waals surface area contributed by atoms with Gasteiger partial charge in [-0.15, -0.1) is 0 Å². The topological polar surface area (TPSA) is 82.2 Å². The van der Waals surface area contributed by atoms with Gasteiger partial charge in [0.1, 0.15) is 5.60 Å². The molecule has 2 saturated heterocycles. The lowest BCUT2D eigenvalue weighted by Crippen LogP contribution is -2.52. The van der Waals surface area contributed by atoms with Crippen LogP contribution in [0.2, 0.25) is 0 Å². The number of thioether (sulfide) groups is 1. The Balaban J connectivity index is 1.44. The fraction of sp³-hybridized carbons (Fsp3) is 0.591. The van der Waals surface area contributed by atoms with Crippen LogP contribution < -0.4 is 5.32 Å². The summed E-state index contributed by atoms with van der Waals surface area (Å²) in [5, 5.41) is 2.89. The van der Waals surface area contributed by atoms with Gasteiger partial charge in [-0.1, -0.05) is 12.1 Å². The third-order valence-electron chi connectivity index (χ3n) is 5.14. The van der Waals surface area contributed by atoms with Gasteiger partial charge < -0.3 is 24.8 Å². The summed E-state index contributed by atoms with van der Waals surface area (Å²) in [6, 6.07) is 7.21. The minimum Gasteiger partial charge on any atom is -0.444 e. The molecule has 2 heterocycles. The highest BCUT2D eigenvalue weighted by Crippen LogP contribution is 2.16. The molecule has 2 aliphatic rings. The van der Waals surface area contributed by atoms with E-state index in [-0.39, 0.29) is 18.0 Å². The zero-order chi connectivity index (χ0) is 22.4. The third kappa shape index (κ3) is 7.05. The Morgan fingerprint density at radius 3 is 2.06 bits per heavy atom. The van der Waals surface area contributed by atoms with E-state index in [1.54, 1.807) is 9.80 Å². The Morgan fingerprint density at radius 2 is 1.48 bits per heavy atom. The summed E-state index contributed by atoms with van der Waals surface area (Å²) < 4.78 is 5.39. The number of urea groups is 1. The Hall–Kier alpha value is -2.42. The molecule has 0 unspecified atom stereocenters. The van der Waals surface area contributed by atoms with Gasteiger partial charge in [-0.25, -0.2) is 9.59 Å². The Labute approximate surface area is 188 Å². The number of anilines is 1. The van der Waals surface area contributed by atoms with Crippen molar-refractivity contribution in [3.05, 3.63) is 29.8 Å². The van der Waals surface area contributed by atoms with Crippen LogP contribution in [0.25, 0.3) is 0 Å². The van der Waals surface area contributed by atoms with Crippen molar-refractivity contribution < 1.29 is 19.1 Å². The number of hydrogen-bond acceptors (Lipinski definition) is 5. The maximum atomic E-state index is 12.6. The van der Waals surface area contributed by atoms with Crippen molar-refractivity contribution >= 4 is 35.5 Å². The molecule has 8 nitrogen and oxygen atoms in total. The molecule has 1 N–H and O–H groups in total. The Kier molecular flexibility index (Phi) is 7.69. The number of carbonyl (C=O) groups is 3. The number of nitrogens with zero attached hydrogens (tertiary/aromatic N) is 3. The van der Waals surface area contributed by atoms with Gasteiger partial charge in [0.25, 0.3) is 0 Å². The molecule has 0 aromatic heterocycles. The van der Waals surface area contributed by atoms with E-state index in [1.807, 2.05) is 61.7 Å². The Bertz CT molecular complexity index is 780. The molecule has 0 atom stereocenters. The molecule has 2 aliphatic heterocycles. The van der Waals surface area contributed by atoms with Crippen LogP contribution in [0.4, 0.5) is 15.3 Å². The summed E-state index contributed by atoms with van der Waals surface area (Å²) in [5.41, 5.74) is 1.09. The first-order chi connectivity index (χ1) is 14.7. The SMILES string of the molecule is CC(C)(C)OC(=O)N1CCN(C(=O)Nc2ccc(CC(=O)N3CCSCC3)cc2)CC1. The second kappa shape index (κ2) is 10.3. The molecule has 170 valence electrons. The average Bonchev–Trinajstić information content (AvgIpc) is 2.74. The zero-order valence-electron chi connectivity index (χ0n) is 18.6. The van der Waals surface area contributed by atoms with Gasteiger partial charge >= 0.3 is 12.1 Å². The second-order valence-electron chi connectivity index (χ2n) is 8.75. The average molecular weight is 449 g/mol. The number of rotatable bonds is 3. The Morgan fingerprint density at radius 1 is 0.903 bits per heavy atom. The lowest BCUT2D eigenvalue weighted by Gasteiger charge is -2.35. The number of amides is 4. The minimum atomic E-state index is -0.533. The van der Waals surface area contributed by atoms with E-state index in [2.05, 4.69) is 5.32 Å². The molecule has 0 bridgehead atoms. The fourth-order valence-corrected chi connectivity index (χ4v) is 4.33. The van der Waals surface area contributed by atoms with Crippen molar-refractivity contribution in [3.8, 4) is 0 Å². The summed E-state index contributed by atoms with van der Waals surface area (Å²) in [7, 11) is 0. The van der Waals surface area contributed by atoms with Crippen LogP contribution in [0.3, 0.4) is 0 Å². The summed E-state index contributed by atoms with van der Waals surface area (Å²) in [4.78, 5) is 42.3. The summed E-state index contributed by atoms with van der Waals surface area (Å²) in [5.74, 6) is 2.16. The summed E-state index contributed by atoms with van der Waals surface area (Å²) >= 11 is 1.88. The van der Waals surface area contributed by atoms with E-state index < -0.39 is 5.60 Å². The summed E-state index contributed by atoms with van der Waals surface area (Å²) in [6.45, 7) is 8.93. The van der Waals surface area contributed by atoms with Crippen molar-refractivity contribution in [1.29, 1.82) is 0 Å². The molecule has 1 aromatic carbocycles. The van der Waals surface area contributed by atoms with Gasteiger partial charge in [0.15, 0.2) is 0 Å². The molecule has 1 aromatic rings.